The van der Waals surface area contributed by atoms with Crippen molar-refractivity contribution in [3.8, 4) is 0 Å². The summed E-state index contributed by atoms with van der Waals surface area (Å²) in [4.78, 5) is 30.7. The van der Waals surface area contributed by atoms with E-state index in [1.807, 2.05) is 37.3 Å². The molecular weight excluding hydrogens is 328 g/mol. The van der Waals surface area contributed by atoms with Crippen LogP contribution in [0.5, 0.6) is 0 Å². The van der Waals surface area contributed by atoms with Crippen LogP contribution < -0.4 is 11.2 Å². The number of rotatable bonds is 4. The third kappa shape index (κ3) is 3.00. The highest BCUT2D eigenvalue weighted by Gasteiger charge is 2.26. The Balaban J connectivity index is 2.11. The second-order valence-electron chi connectivity index (χ2n) is 5.35. The van der Waals surface area contributed by atoms with Crippen LogP contribution >= 0.6 is 0 Å². The largest absolute Gasteiger partial charge is 0.609 e. The summed E-state index contributed by atoms with van der Waals surface area (Å²) in [6.45, 7) is 3.62. The van der Waals surface area contributed by atoms with Gasteiger partial charge in [0.1, 0.15) is 10.6 Å². The lowest BCUT2D eigenvalue weighted by Crippen LogP contribution is -2.21. The lowest BCUT2D eigenvalue weighted by Gasteiger charge is -2.16. The highest BCUT2D eigenvalue weighted by Crippen LogP contribution is 2.26. The van der Waals surface area contributed by atoms with Crippen molar-refractivity contribution < 1.29 is 8.97 Å². The second kappa shape index (κ2) is 6.62. The van der Waals surface area contributed by atoms with Crippen LogP contribution in [-0.4, -0.2) is 14.5 Å². The fraction of sp³-hybridized carbons (Fsp3) is 0.235. The van der Waals surface area contributed by atoms with E-state index in [9.17, 15) is 14.1 Å². The molecule has 0 spiro atoms. The molecule has 2 aromatic heterocycles. The monoisotopic (exact) mass is 344 g/mol. The SMILES string of the molecule is CCc1cc(=O)oc2nc([S+]([O-])C(C)c3ccccc3)[nH]c(=O)c12. The number of nitrogens with zero attached hydrogens (tertiary/aromatic N) is 1. The highest BCUT2D eigenvalue weighted by atomic mass is 32.2. The van der Waals surface area contributed by atoms with Gasteiger partial charge in [-0.3, -0.25) is 9.78 Å². The maximum atomic E-state index is 12.7. The van der Waals surface area contributed by atoms with Gasteiger partial charge in [-0.1, -0.05) is 37.3 Å². The van der Waals surface area contributed by atoms with E-state index in [-0.39, 0.29) is 21.5 Å². The van der Waals surface area contributed by atoms with Crippen LogP contribution in [-0.2, 0) is 17.6 Å². The van der Waals surface area contributed by atoms with Crippen molar-refractivity contribution in [2.45, 2.75) is 30.7 Å². The van der Waals surface area contributed by atoms with Gasteiger partial charge < -0.3 is 8.97 Å². The maximum absolute atomic E-state index is 12.7. The zero-order valence-electron chi connectivity index (χ0n) is 13.2. The molecule has 0 aliphatic heterocycles. The fourth-order valence-corrected chi connectivity index (χ4v) is 3.62. The summed E-state index contributed by atoms with van der Waals surface area (Å²) in [7, 11) is 0. The molecule has 0 aliphatic carbocycles. The van der Waals surface area contributed by atoms with Crippen LogP contribution in [0.2, 0.25) is 0 Å². The topological polar surface area (TPSA) is 99.0 Å². The molecule has 0 fully saturated rings. The first-order valence-corrected chi connectivity index (χ1v) is 8.75. The van der Waals surface area contributed by atoms with Crippen LogP contribution in [0.4, 0.5) is 0 Å². The molecule has 124 valence electrons. The number of aromatic nitrogens is 2. The molecule has 0 saturated heterocycles. The first-order valence-electron chi connectivity index (χ1n) is 7.53. The fourth-order valence-electron chi connectivity index (χ4n) is 2.52. The number of hydrogen-bond donors (Lipinski definition) is 1. The van der Waals surface area contributed by atoms with Gasteiger partial charge in [0, 0.05) is 22.8 Å². The van der Waals surface area contributed by atoms with Crippen LogP contribution in [0.15, 0.2) is 55.6 Å². The second-order valence-corrected chi connectivity index (χ2v) is 7.03. The molecule has 24 heavy (non-hydrogen) atoms. The quantitative estimate of drug-likeness (QED) is 0.578. The standard InChI is InChI=1S/C17H16N2O4S/c1-3-11-9-13(20)23-16-14(11)15(21)18-17(19-16)24(22)10(2)12-7-5-4-6-8-12/h4-10H,3H2,1-2H3,(H,18,19,21). The minimum Gasteiger partial charge on any atom is -0.609 e. The van der Waals surface area contributed by atoms with E-state index in [1.165, 1.54) is 6.07 Å². The van der Waals surface area contributed by atoms with Crippen molar-refractivity contribution in [3.63, 3.8) is 0 Å². The zero-order chi connectivity index (χ0) is 17.3. The van der Waals surface area contributed by atoms with Crippen molar-refractivity contribution in [2.75, 3.05) is 0 Å². The molecule has 0 aliphatic rings. The number of H-pyrrole nitrogens is 1. The summed E-state index contributed by atoms with van der Waals surface area (Å²) in [5, 5.41) is -0.140. The Morgan fingerprint density at radius 3 is 2.67 bits per heavy atom. The first kappa shape index (κ1) is 16.5. The Bertz CT molecular complexity index is 981. The Kier molecular flexibility index (Phi) is 4.55. The van der Waals surface area contributed by atoms with Crippen molar-refractivity contribution in [1.29, 1.82) is 0 Å². The summed E-state index contributed by atoms with van der Waals surface area (Å²) < 4.78 is 17.8. The van der Waals surface area contributed by atoms with Crippen molar-refractivity contribution in [3.05, 3.63) is 68.3 Å². The zero-order valence-corrected chi connectivity index (χ0v) is 14.1. The highest BCUT2D eigenvalue weighted by molar-refractivity contribution is 7.91. The average molecular weight is 344 g/mol. The number of nitrogens with one attached hydrogen (secondary N) is 1. The van der Waals surface area contributed by atoms with E-state index < -0.39 is 22.4 Å². The smallest absolute Gasteiger partial charge is 0.337 e. The molecule has 0 saturated carbocycles. The van der Waals surface area contributed by atoms with E-state index >= 15 is 0 Å². The number of hydrogen-bond acceptors (Lipinski definition) is 5. The molecule has 3 rings (SSSR count). The molecule has 2 heterocycles. The molecule has 0 radical (unpaired) electrons. The summed E-state index contributed by atoms with van der Waals surface area (Å²) >= 11 is -1.59. The average Bonchev–Trinajstić information content (AvgIpc) is 2.59. The van der Waals surface area contributed by atoms with E-state index in [2.05, 4.69) is 9.97 Å². The number of aryl methyl sites for hydroxylation is 1. The maximum Gasteiger partial charge on any atom is 0.337 e. The molecule has 1 aromatic carbocycles. The summed E-state index contributed by atoms with van der Waals surface area (Å²) in [6, 6.07) is 10.6. The third-order valence-electron chi connectivity index (χ3n) is 3.84. The summed E-state index contributed by atoms with van der Waals surface area (Å²) in [6.07, 6.45) is 0.496. The Hall–Kier alpha value is -2.38. The van der Waals surface area contributed by atoms with E-state index in [1.54, 1.807) is 6.92 Å². The predicted molar refractivity (Wildman–Crippen MR) is 91.5 cm³/mol. The van der Waals surface area contributed by atoms with Gasteiger partial charge in [-0.2, -0.15) is 0 Å². The number of fused-ring (bicyclic) bond motifs is 1. The van der Waals surface area contributed by atoms with Gasteiger partial charge in [0.05, 0.1) is 0 Å². The van der Waals surface area contributed by atoms with Gasteiger partial charge in [0.15, 0.2) is 0 Å². The number of benzene rings is 1. The van der Waals surface area contributed by atoms with Crippen LogP contribution in [0, 0.1) is 0 Å². The lowest BCUT2D eigenvalue weighted by molar-refractivity contribution is 0.535. The predicted octanol–water partition coefficient (Wildman–Crippen LogP) is 2.31. The van der Waals surface area contributed by atoms with Gasteiger partial charge in [0.25, 0.3) is 5.56 Å². The molecule has 2 atom stereocenters. The van der Waals surface area contributed by atoms with E-state index in [0.717, 1.165) is 5.56 Å². The normalized spacial score (nSPS) is 13.8. The Labute approximate surface area is 140 Å². The van der Waals surface area contributed by atoms with Crippen molar-refractivity contribution in [2.24, 2.45) is 0 Å². The molecule has 2 unspecified atom stereocenters. The van der Waals surface area contributed by atoms with Crippen molar-refractivity contribution >= 4 is 22.3 Å². The van der Waals surface area contributed by atoms with Crippen LogP contribution in [0.1, 0.15) is 30.2 Å². The Morgan fingerprint density at radius 2 is 2.00 bits per heavy atom. The van der Waals surface area contributed by atoms with Gasteiger partial charge in [-0.25, -0.2) is 4.79 Å². The Morgan fingerprint density at radius 1 is 1.29 bits per heavy atom. The minimum atomic E-state index is -1.59. The van der Waals surface area contributed by atoms with Gasteiger partial charge in [-0.05, 0) is 18.9 Å². The third-order valence-corrected chi connectivity index (χ3v) is 5.33. The van der Waals surface area contributed by atoms with Crippen LogP contribution in [0.3, 0.4) is 0 Å². The lowest BCUT2D eigenvalue weighted by atomic mass is 10.1. The molecule has 3 aromatic rings. The molecule has 1 N–H and O–H groups in total. The van der Waals surface area contributed by atoms with E-state index in [0.29, 0.717) is 12.0 Å². The van der Waals surface area contributed by atoms with Crippen molar-refractivity contribution in [1.82, 2.24) is 9.97 Å². The van der Waals surface area contributed by atoms with Gasteiger partial charge in [-0.15, -0.1) is 4.98 Å². The van der Waals surface area contributed by atoms with E-state index in [4.69, 9.17) is 4.42 Å². The molecule has 0 amide bonds. The molecule has 0 bridgehead atoms. The summed E-state index contributed by atoms with van der Waals surface area (Å²) in [5.74, 6) is 0. The van der Waals surface area contributed by atoms with Gasteiger partial charge >= 0.3 is 10.8 Å². The molecule has 6 nitrogen and oxygen atoms in total. The minimum absolute atomic E-state index is 0.000237. The molecular formula is C17H16N2O4S. The summed E-state index contributed by atoms with van der Waals surface area (Å²) in [5.41, 5.74) is 0.312. The van der Waals surface area contributed by atoms with Gasteiger partial charge in [0.2, 0.25) is 5.71 Å². The number of aromatic amines is 1. The first-order chi connectivity index (χ1) is 11.5. The molecule has 7 heteroatoms. The van der Waals surface area contributed by atoms with Crippen LogP contribution in [0.25, 0.3) is 11.1 Å².